The predicted octanol–water partition coefficient (Wildman–Crippen LogP) is 3.21. The van der Waals surface area contributed by atoms with Crippen LogP contribution in [0.4, 0.5) is 11.6 Å². The van der Waals surface area contributed by atoms with Crippen LogP contribution in [-0.2, 0) is 6.42 Å². The zero-order valence-corrected chi connectivity index (χ0v) is 18.1. The van der Waals surface area contributed by atoms with Crippen LogP contribution in [0.3, 0.4) is 0 Å². The van der Waals surface area contributed by atoms with Crippen molar-refractivity contribution in [2.45, 2.75) is 33.6 Å². The number of aromatic nitrogens is 3. The molecule has 0 spiro atoms. The van der Waals surface area contributed by atoms with E-state index in [9.17, 15) is 0 Å². The second-order valence-corrected chi connectivity index (χ2v) is 7.66. The quantitative estimate of drug-likeness (QED) is 0.607. The summed E-state index contributed by atoms with van der Waals surface area (Å²) < 4.78 is 0. The van der Waals surface area contributed by atoms with Crippen LogP contribution < -0.4 is 16.0 Å². The van der Waals surface area contributed by atoms with Gasteiger partial charge in [-0.05, 0) is 56.1 Å². The molecule has 6 nitrogen and oxygen atoms in total. The Balaban J connectivity index is 1.51. The number of likely N-dealkylation sites (N-methyl/N-ethyl adjacent to an activating group) is 1. The molecular weight excluding hydrogens is 372 g/mol. The molecule has 0 saturated carbocycles. The van der Waals surface area contributed by atoms with Crippen LogP contribution in [0.2, 0.25) is 0 Å². The van der Waals surface area contributed by atoms with Gasteiger partial charge in [0.05, 0.1) is 5.69 Å². The Bertz CT molecular complexity index is 1130. The first-order valence-corrected chi connectivity index (χ1v) is 10.8. The van der Waals surface area contributed by atoms with Crippen molar-refractivity contribution in [2.75, 3.05) is 31.5 Å². The van der Waals surface area contributed by atoms with Crippen LogP contribution >= 0.6 is 0 Å². The molecule has 2 aromatic heterocycles. The standard InChI is InChI=1S/C24H30N6/c1-4-30(5-2)14-11-18-8-9-21(17(3)15-18)28-24-26-13-10-22(29-24)20-16-27-23-19(20)7-6-12-25-23/h7-10,13,15-16H,4-6,11-12,14H2,1-3H3,(H,25,27)(H,26,28,29). The number of anilines is 2. The summed E-state index contributed by atoms with van der Waals surface area (Å²) >= 11 is 0. The van der Waals surface area contributed by atoms with Crippen molar-refractivity contribution < 1.29 is 0 Å². The van der Waals surface area contributed by atoms with Crippen LogP contribution in [0.25, 0.3) is 17.3 Å². The van der Waals surface area contributed by atoms with Gasteiger partial charge in [-0.1, -0.05) is 32.1 Å². The third-order valence-corrected chi connectivity index (χ3v) is 5.73. The van der Waals surface area contributed by atoms with Crippen LogP contribution in [-0.4, -0.2) is 46.0 Å². The molecule has 156 valence electrons. The first kappa shape index (κ1) is 20.3. The number of benzene rings is 1. The van der Waals surface area contributed by atoms with E-state index >= 15 is 0 Å². The summed E-state index contributed by atoms with van der Waals surface area (Å²) in [5.74, 6) is 0.606. The molecule has 1 aliphatic rings. The van der Waals surface area contributed by atoms with Gasteiger partial charge in [0, 0.05) is 42.0 Å². The lowest BCUT2D eigenvalue weighted by molar-refractivity contribution is 0.308. The van der Waals surface area contributed by atoms with Crippen molar-refractivity contribution in [1.82, 2.24) is 19.9 Å². The molecule has 0 aliphatic carbocycles. The van der Waals surface area contributed by atoms with E-state index in [1.807, 2.05) is 12.3 Å². The third kappa shape index (κ3) is 4.44. The highest BCUT2D eigenvalue weighted by atomic mass is 15.1. The van der Waals surface area contributed by atoms with E-state index in [0.717, 1.165) is 66.7 Å². The molecule has 0 atom stereocenters. The summed E-state index contributed by atoms with van der Waals surface area (Å²) in [5, 5.41) is 4.53. The maximum absolute atomic E-state index is 4.75. The summed E-state index contributed by atoms with van der Waals surface area (Å²) in [6, 6.07) is 8.53. The van der Waals surface area contributed by atoms with Crippen LogP contribution in [0.5, 0.6) is 0 Å². The fraction of sp³-hybridized carbons (Fsp3) is 0.375. The van der Waals surface area contributed by atoms with Gasteiger partial charge in [-0.3, -0.25) is 4.99 Å². The maximum atomic E-state index is 4.75. The van der Waals surface area contributed by atoms with Crippen LogP contribution in [0.15, 0.2) is 41.7 Å². The number of aromatic amines is 1. The maximum Gasteiger partial charge on any atom is 0.227 e. The number of rotatable bonds is 8. The number of hydrogen-bond donors (Lipinski definition) is 2. The topological polar surface area (TPSA) is 69.2 Å². The molecule has 0 unspecified atom stereocenters. The minimum absolute atomic E-state index is 0.606. The lowest BCUT2D eigenvalue weighted by Gasteiger charge is -2.18. The number of H-pyrrole nitrogens is 1. The first-order chi connectivity index (χ1) is 14.7. The molecule has 30 heavy (non-hydrogen) atoms. The SMILES string of the molecule is CCN(CC)CCc1ccc(Nc2nccc(-c3c[nH]c4c3=CCCN=4)n2)c(C)c1. The van der Waals surface area contributed by atoms with Gasteiger partial charge in [0.15, 0.2) is 0 Å². The zero-order chi connectivity index (χ0) is 20.9. The smallest absolute Gasteiger partial charge is 0.227 e. The Hall–Kier alpha value is -2.99. The fourth-order valence-electron chi connectivity index (χ4n) is 3.90. The van der Waals surface area contributed by atoms with E-state index in [4.69, 9.17) is 4.98 Å². The monoisotopic (exact) mass is 402 g/mol. The van der Waals surface area contributed by atoms with Crippen molar-refractivity contribution >= 4 is 17.7 Å². The van der Waals surface area contributed by atoms with E-state index in [0.29, 0.717) is 5.95 Å². The van der Waals surface area contributed by atoms with E-state index in [1.54, 1.807) is 6.20 Å². The number of hydrogen-bond acceptors (Lipinski definition) is 5. The summed E-state index contributed by atoms with van der Waals surface area (Å²) in [6.45, 7) is 10.7. The molecule has 0 fully saturated rings. The highest BCUT2D eigenvalue weighted by molar-refractivity contribution is 5.64. The van der Waals surface area contributed by atoms with Crippen LogP contribution in [0.1, 0.15) is 31.4 Å². The molecule has 1 aliphatic heterocycles. The van der Waals surface area contributed by atoms with Gasteiger partial charge in [0.2, 0.25) is 5.95 Å². The van der Waals surface area contributed by atoms with E-state index < -0.39 is 0 Å². The zero-order valence-electron chi connectivity index (χ0n) is 18.1. The fourth-order valence-corrected chi connectivity index (χ4v) is 3.90. The van der Waals surface area contributed by atoms with Gasteiger partial charge in [-0.15, -0.1) is 0 Å². The average Bonchev–Trinajstić information content (AvgIpc) is 3.21. The highest BCUT2D eigenvalue weighted by Gasteiger charge is 2.10. The minimum atomic E-state index is 0.606. The average molecular weight is 403 g/mol. The Morgan fingerprint density at radius 2 is 2.03 bits per heavy atom. The Kier molecular flexibility index (Phi) is 6.23. The molecule has 6 heteroatoms. The molecule has 1 aromatic carbocycles. The number of nitrogens with one attached hydrogen (secondary N) is 2. The molecule has 3 heterocycles. The lowest BCUT2D eigenvalue weighted by Crippen LogP contribution is -2.27. The van der Waals surface area contributed by atoms with Crippen molar-refractivity contribution in [3.8, 4) is 11.3 Å². The summed E-state index contributed by atoms with van der Waals surface area (Å²) in [6.07, 6.45) is 8.04. The normalized spacial score (nSPS) is 12.9. The highest BCUT2D eigenvalue weighted by Crippen LogP contribution is 2.21. The van der Waals surface area contributed by atoms with Gasteiger partial charge in [0.1, 0.15) is 5.49 Å². The van der Waals surface area contributed by atoms with Crippen molar-refractivity contribution in [2.24, 2.45) is 4.99 Å². The van der Waals surface area contributed by atoms with E-state index in [1.165, 1.54) is 11.1 Å². The number of nitrogens with zero attached hydrogens (tertiary/aromatic N) is 4. The molecule has 0 bridgehead atoms. The first-order valence-electron chi connectivity index (χ1n) is 10.8. The lowest BCUT2D eigenvalue weighted by atomic mass is 10.1. The largest absolute Gasteiger partial charge is 0.346 e. The van der Waals surface area contributed by atoms with Gasteiger partial charge < -0.3 is 15.2 Å². The van der Waals surface area contributed by atoms with Crippen molar-refractivity contribution in [3.05, 3.63) is 58.5 Å². The Morgan fingerprint density at radius 3 is 2.83 bits per heavy atom. The van der Waals surface area contributed by atoms with Gasteiger partial charge >= 0.3 is 0 Å². The molecule has 3 aromatic rings. The van der Waals surface area contributed by atoms with Crippen LogP contribution in [0, 0.1) is 6.92 Å². The summed E-state index contributed by atoms with van der Waals surface area (Å²) in [4.78, 5) is 19.4. The second kappa shape index (κ2) is 9.22. The minimum Gasteiger partial charge on any atom is -0.346 e. The van der Waals surface area contributed by atoms with Crippen molar-refractivity contribution in [3.63, 3.8) is 0 Å². The molecule has 0 amide bonds. The molecular formula is C24H30N6. The van der Waals surface area contributed by atoms with Gasteiger partial charge in [-0.2, -0.15) is 0 Å². The predicted molar refractivity (Wildman–Crippen MR) is 123 cm³/mol. The molecule has 2 N–H and O–H groups in total. The summed E-state index contributed by atoms with van der Waals surface area (Å²) in [7, 11) is 0. The second-order valence-electron chi connectivity index (χ2n) is 7.66. The molecule has 4 rings (SSSR count). The summed E-state index contributed by atoms with van der Waals surface area (Å²) in [5.41, 5.74) is 6.51. The third-order valence-electron chi connectivity index (χ3n) is 5.73. The van der Waals surface area contributed by atoms with Gasteiger partial charge in [0.25, 0.3) is 0 Å². The number of fused-ring (bicyclic) bond motifs is 1. The molecule has 0 saturated heterocycles. The van der Waals surface area contributed by atoms with E-state index in [2.05, 4.69) is 70.2 Å². The van der Waals surface area contributed by atoms with E-state index in [-0.39, 0.29) is 0 Å². The Morgan fingerprint density at radius 1 is 1.17 bits per heavy atom. The Labute approximate surface area is 177 Å². The van der Waals surface area contributed by atoms with Crippen molar-refractivity contribution in [1.29, 1.82) is 0 Å². The molecule has 0 radical (unpaired) electrons. The number of aryl methyl sites for hydroxylation is 1. The van der Waals surface area contributed by atoms with Gasteiger partial charge in [-0.25, -0.2) is 9.97 Å².